The maximum atomic E-state index is 8.00. The van der Waals surface area contributed by atoms with Crippen LogP contribution >= 0.6 is 11.3 Å². The average Bonchev–Trinajstić information content (AvgIpc) is 2.90. The van der Waals surface area contributed by atoms with Gasteiger partial charge in [-0.1, -0.05) is 18.2 Å². The normalized spacial score (nSPS) is 10.9. The number of benzene rings is 1. The van der Waals surface area contributed by atoms with E-state index in [-0.39, 0.29) is 5.62 Å². The number of rotatable bonds is 3. The Kier molecular flexibility index (Phi) is 3.90. The second-order valence-corrected chi connectivity index (χ2v) is 6.76. The van der Waals surface area contributed by atoms with Gasteiger partial charge in [-0.2, -0.15) is 0 Å². The third-order valence-corrected chi connectivity index (χ3v) is 4.63. The van der Waals surface area contributed by atoms with E-state index in [4.69, 9.17) is 5.41 Å². The molecule has 3 aromatic rings. The van der Waals surface area contributed by atoms with Crippen LogP contribution < -0.4 is 5.62 Å². The summed E-state index contributed by atoms with van der Waals surface area (Å²) in [6.45, 7) is 6.84. The van der Waals surface area contributed by atoms with Gasteiger partial charge < -0.3 is 4.57 Å². The Labute approximate surface area is 133 Å². The number of aromatic nitrogens is 3. The minimum Gasteiger partial charge on any atom is -0.312 e. The van der Waals surface area contributed by atoms with E-state index in [2.05, 4.69) is 42.0 Å². The van der Waals surface area contributed by atoms with E-state index in [0.717, 1.165) is 21.0 Å². The number of nitrogens with one attached hydrogen (secondary N) is 1. The van der Waals surface area contributed by atoms with E-state index in [1.54, 1.807) is 17.5 Å². The van der Waals surface area contributed by atoms with Crippen molar-refractivity contribution in [3.05, 3.63) is 63.4 Å². The Balaban J connectivity index is 1.98. The van der Waals surface area contributed by atoms with Crippen LogP contribution in [0.15, 0.2) is 36.8 Å². The van der Waals surface area contributed by atoms with Crippen molar-refractivity contribution in [3.63, 3.8) is 0 Å². The van der Waals surface area contributed by atoms with Crippen LogP contribution in [0.4, 0.5) is 0 Å². The highest BCUT2D eigenvalue weighted by Gasteiger charge is 2.05. The SMILES string of the molecule is Cc1ncc(Cn2cc(-c3ccc(C)c(C)c3)cnc2=N)s1. The van der Waals surface area contributed by atoms with Gasteiger partial charge in [0.1, 0.15) is 0 Å². The fourth-order valence-electron chi connectivity index (χ4n) is 2.30. The fourth-order valence-corrected chi connectivity index (χ4v) is 3.10. The Bertz CT molecular complexity index is 876. The topological polar surface area (TPSA) is 54.6 Å². The number of thiazole rings is 1. The summed E-state index contributed by atoms with van der Waals surface area (Å²) < 4.78 is 1.86. The third-order valence-electron chi connectivity index (χ3n) is 3.73. The molecule has 0 spiro atoms. The summed E-state index contributed by atoms with van der Waals surface area (Å²) in [6.07, 6.45) is 5.63. The summed E-state index contributed by atoms with van der Waals surface area (Å²) in [5, 5.41) is 9.04. The van der Waals surface area contributed by atoms with Gasteiger partial charge in [-0.25, -0.2) is 9.97 Å². The molecule has 0 bridgehead atoms. The molecule has 1 N–H and O–H groups in total. The molecular weight excluding hydrogens is 292 g/mol. The minimum atomic E-state index is 0.263. The smallest absolute Gasteiger partial charge is 0.222 e. The maximum absolute atomic E-state index is 8.00. The first-order valence-corrected chi connectivity index (χ1v) is 7.94. The van der Waals surface area contributed by atoms with Crippen LogP contribution in [0.5, 0.6) is 0 Å². The van der Waals surface area contributed by atoms with Gasteiger partial charge in [-0.3, -0.25) is 5.41 Å². The molecule has 1 aromatic carbocycles. The lowest BCUT2D eigenvalue weighted by Gasteiger charge is -2.09. The Hall–Kier alpha value is -2.27. The van der Waals surface area contributed by atoms with E-state index < -0.39 is 0 Å². The Morgan fingerprint density at radius 1 is 1.05 bits per heavy atom. The van der Waals surface area contributed by atoms with Crippen LogP contribution in [0, 0.1) is 26.2 Å². The molecule has 0 aliphatic carbocycles. The molecule has 4 nitrogen and oxygen atoms in total. The molecule has 0 saturated carbocycles. The lowest BCUT2D eigenvalue weighted by Crippen LogP contribution is -2.22. The lowest BCUT2D eigenvalue weighted by atomic mass is 10.0. The fraction of sp³-hybridized carbons (Fsp3) is 0.235. The predicted octanol–water partition coefficient (Wildman–Crippen LogP) is 3.46. The zero-order valence-corrected chi connectivity index (χ0v) is 13.7. The summed E-state index contributed by atoms with van der Waals surface area (Å²) in [6, 6.07) is 6.39. The van der Waals surface area contributed by atoms with Crippen LogP contribution in [0.1, 0.15) is 21.0 Å². The second kappa shape index (κ2) is 5.85. The molecule has 0 aliphatic heterocycles. The predicted molar refractivity (Wildman–Crippen MR) is 88.9 cm³/mol. The first-order chi connectivity index (χ1) is 10.5. The van der Waals surface area contributed by atoms with Crippen LogP contribution in [0.25, 0.3) is 11.1 Å². The Morgan fingerprint density at radius 2 is 1.86 bits per heavy atom. The van der Waals surface area contributed by atoms with Crippen molar-refractivity contribution in [2.75, 3.05) is 0 Å². The molecule has 0 atom stereocenters. The van der Waals surface area contributed by atoms with Crippen molar-refractivity contribution in [3.8, 4) is 11.1 Å². The van der Waals surface area contributed by atoms with E-state index in [9.17, 15) is 0 Å². The van der Waals surface area contributed by atoms with Crippen LogP contribution in [-0.4, -0.2) is 14.5 Å². The summed E-state index contributed by atoms with van der Waals surface area (Å²) in [4.78, 5) is 9.63. The van der Waals surface area contributed by atoms with Gasteiger partial charge in [0.2, 0.25) is 5.62 Å². The molecule has 0 radical (unpaired) electrons. The van der Waals surface area contributed by atoms with Crippen molar-refractivity contribution in [2.24, 2.45) is 0 Å². The molecule has 0 aliphatic rings. The lowest BCUT2D eigenvalue weighted by molar-refractivity contribution is 0.702. The summed E-state index contributed by atoms with van der Waals surface area (Å²) in [7, 11) is 0. The van der Waals surface area contributed by atoms with Gasteiger partial charge in [0.15, 0.2) is 0 Å². The molecule has 0 fully saturated rings. The standard InChI is InChI=1S/C17H18N4S/c1-11-4-5-14(6-12(11)2)15-7-20-17(18)21(9-15)10-16-8-19-13(3)22-16/h4-9,18H,10H2,1-3H3. The van der Waals surface area contributed by atoms with Crippen LogP contribution in [0.2, 0.25) is 0 Å². The van der Waals surface area contributed by atoms with Gasteiger partial charge in [0, 0.05) is 29.0 Å². The van der Waals surface area contributed by atoms with Crippen LogP contribution in [-0.2, 0) is 6.54 Å². The molecule has 112 valence electrons. The number of aryl methyl sites for hydroxylation is 3. The van der Waals surface area contributed by atoms with Gasteiger partial charge in [0.25, 0.3) is 0 Å². The van der Waals surface area contributed by atoms with E-state index in [1.807, 2.05) is 23.9 Å². The zero-order chi connectivity index (χ0) is 15.7. The highest BCUT2D eigenvalue weighted by molar-refractivity contribution is 7.11. The van der Waals surface area contributed by atoms with Gasteiger partial charge in [0.05, 0.1) is 11.6 Å². The quantitative estimate of drug-likeness (QED) is 0.805. The first-order valence-electron chi connectivity index (χ1n) is 7.13. The summed E-state index contributed by atoms with van der Waals surface area (Å²) in [5.41, 5.74) is 4.96. The average molecular weight is 310 g/mol. The number of nitrogens with zero attached hydrogens (tertiary/aromatic N) is 3. The maximum Gasteiger partial charge on any atom is 0.222 e. The highest BCUT2D eigenvalue weighted by atomic mass is 32.1. The molecule has 22 heavy (non-hydrogen) atoms. The molecule has 2 aromatic heterocycles. The number of hydrogen-bond donors (Lipinski definition) is 1. The molecule has 0 amide bonds. The number of hydrogen-bond acceptors (Lipinski definition) is 4. The molecule has 0 saturated heterocycles. The monoisotopic (exact) mass is 310 g/mol. The zero-order valence-electron chi connectivity index (χ0n) is 12.9. The van der Waals surface area contributed by atoms with E-state index in [1.165, 1.54) is 11.1 Å². The molecule has 5 heteroatoms. The Morgan fingerprint density at radius 3 is 2.55 bits per heavy atom. The summed E-state index contributed by atoms with van der Waals surface area (Å²) >= 11 is 1.65. The van der Waals surface area contributed by atoms with E-state index in [0.29, 0.717) is 6.54 Å². The minimum absolute atomic E-state index is 0.263. The third kappa shape index (κ3) is 2.99. The van der Waals surface area contributed by atoms with Gasteiger partial charge in [-0.05, 0) is 37.5 Å². The summed E-state index contributed by atoms with van der Waals surface area (Å²) in [5.74, 6) is 0. The molecular formula is C17H18N4S. The van der Waals surface area contributed by atoms with Crippen LogP contribution in [0.3, 0.4) is 0 Å². The van der Waals surface area contributed by atoms with Gasteiger partial charge in [-0.15, -0.1) is 11.3 Å². The van der Waals surface area contributed by atoms with Crippen molar-refractivity contribution in [1.29, 1.82) is 5.41 Å². The first kappa shape index (κ1) is 14.7. The molecule has 0 unspecified atom stereocenters. The second-order valence-electron chi connectivity index (χ2n) is 5.44. The van der Waals surface area contributed by atoms with Gasteiger partial charge >= 0.3 is 0 Å². The van der Waals surface area contributed by atoms with E-state index >= 15 is 0 Å². The van der Waals surface area contributed by atoms with Crippen molar-refractivity contribution in [2.45, 2.75) is 27.3 Å². The van der Waals surface area contributed by atoms with Crippen molar-refractivity contribution >= 4 is 11.3 Å². The largest absolute Gasteiger partial charge is 0.312 e. The molecule has 3 rings (SSSR count). The van der Waals surface area contributed by atoms with Crippen molar-refractivity contribution < 1.29 is 0 Å². The molecule has 2 heterocycles. The highest BCUT2D eigenvalue weighted by Crippen LogP contribution is 2.21. The van der Waals surface area contributed by atoms with Crippen molar-refractivity contribution in [1.82, 2.24) is 14.5 Å².